The van der Waals surface area contributed by atoms with Gasteiger partial charge in [0.2, 0.25) is 0 Å². The number of ether oxygens (including phenoxy) is 2. The van der Waals surface area contributed by atoms with Crippen molar-refractivity contribution >= 4 is 19.8 Å². The van der Waals surface area contributed by atoms with Crippen LogP contribution in [-0.2, 0) is 32.7 Å². The lowest BCUT2D eigenvalue weighted by Gasteiger charge is -2.28. The van der Waals surface area contributed by atoms with Crippen LogP contribution in [0.5, 0.6) is 0 Å². The number of hydrogen-bond acceptors (Lipinski definition) is 8. The third kappa shape index (κ3) is 60.4. The van der Waals surface area contributed by atoms with Gasteiger partial charge in [-0.05, 0) is 64.2 Å². The minimum absolute atomic E-state index is 0.0446. The second-order valence-corrected chi connectivity index (χ2v) is 23.5. The van der Waals surface area contributed by atoms with E-state index in [4.69, 9.17) is 18.5 Å². The Morgan fingerprint density at radius 1 is 0.421 bits per heavy atom. The van der Waals surface area contributed by atoms with Crippen LogP contribution < -0.4 is 4.89 Å². The van der Waals surface area contributed by atoms with Crippen LogP contribution in [0.3, 0.4) is 0 Å². The second-order valence-electron chi connectivity index (χ2n) is 22.0. The number of esters is 2. The van der Waals surface area contributed by atoms with Crippen LogP contribution in [0.1, 0.15) is 271 Å². The summed E-state index contributed by atoms with van der Waals surface area (Å²) in [5.41, 5.74) is 0. The summed E-state index contributed by atoms with van der Waals surface area (Å²) < 4.78 is 34.1. The van der Waals surface area contributed by atoms with Crippen molar-refractivity contribution in [2.45, 2.75) is 277 Å². The standard InChI is InChI=1S/C66H118NO8P/c1-6-8-10-12-14-16-18-20-22-24-26-28-30-31-32-33-34-35-37-38-40-42-44-46-48-50-52-54-56-58-65(68)72-62-64(63-74-76(70,71)73-61-60-67(3,4)5)75-66(69)59-57-55-53-51-49-47-45-43-41-39-36-29-27-25-23-21-19-17-15-13-11-9-7-2/h9,11,15,17,21,23,27,29,39,41,45,47,51,53,64H,6-8,10,12-14,16,18-20,22,24-26,28,30-38,40,42-44,46,48-50,52,54-63H2,1-5H3/b11-9-,17-15-,23-21-,29-27-,41-39-,47-45-,53-51-. The fraction of sp³-hybridized carbons (Fsp3) is 0.758. The molecule has 0 aromatic carbocycles. The molecule has 0 fully saturated rings. The molecule has 9 nitrogen and oxygen atoms in total. The molecule has 0 saturated heterocycles. The number of phosphoric ester groups is 1. The van der Waals surface area contributed by atoms with Crippen LogP contribution in [0.2, 0.25) is 0 Å². The summed E-state index contributed by atoms with van der Waals surface area (Å²) in [5.74, 6) is -0.898. The minimum Gasteiger partial charge on any atom is -0.756 e. The first-order valence-corrected chi connectivity index (χ1v) is 32.8. The van der Waals surface area contributed by atoms with Gasteiger partial charge in [-0.15, -0.1) is 0 Å². The first-order chi connectivity index (χ1) is 37.0. The fourth-order valence-electron chi connectivity index (χ4n) is 8.65. The van der Waals surface area contributed by atoms with Crippen molar-refractivity contribution in [2.75, 3.05) is 47.5 Å². The van der Waals surface area contributed by atoms with Crippen molar-refractivity contribution < 1.29 is 42.1 Å². The number of unbranched alkanes of at least 4 members (excludes halogenated alkanes) is 29. The monoisotopic (exact) mass is 1080 g/mol. The molecule has 0 N–H and O–H groups in total. The zero-order valence-corrected chi connectivity index (χ0v) is 50.8. The largest absolute Gasteiger partial charge is 0.756 e. The molecule has 0 aliphatic heterocycles. The fourth-order valence-corrected chi connectivity index (χ4v) is 9.38. The first-order valence-electron chi connectivity index (χ1n) is 31.3. The van der Waals surface area contributed by atoms with E-state index >= 15 is 0 Å². The number of carbonyl (C=O) groups excluding carboxylic acids is 2. The molecule has 0 radical (unpaired) electrons. The predicted molar refractivity (Wildman–Crippen MR) is 323 cm³/mol. The molecule has 2 unspecified atom stereocenters. The van der Waals surface area contributed by atoms with Gasteiger partial charge in [-0.1, -0.05) is 279 Å². The van der Waals surface area contributed by atoms with Crippen molar-refractivity contribution in [1.82, 2.24) is 0 Å². The normalized spacial score (nSPS) is 13.8. The van der Waals surface area contributed by atoms with Crippen molar-refractivity contribution in [3.63, 3.8) is 0 Å². The van der Waals surface area contributed by atoms with Gasteiger partial charge in [-0.2, -0.15) is 0 Å². The van der Waals surface area contributed by atoms with Crippen LogP contribution in [-0.4, -0.2) is 70.0 Å². The van der Waals surface area contributed by atoms with Crippen molar-refractivity contribution in [3.05, 3.63) is 85.1 Å². The van der Waals surface area contributed by atoms with Crippen LogP contribution in [0, 0.1) is 0 Å². The molecule has 0 aliphatic rings. The quantitative estimate of drug-likeness (QED) is 0.0195. The Morgan fingerprint density at radius 3 is 1.11 bits per heavy atom. The summed E-state index contributed by atoms with van der Waals surface area (Å²) in [6.45, 7) is 4.08. The van der Waals surface area contributed by atoms with Crippen LogP contribution >= 0.6 is 7.82 Å². The van der Waals surface area contributed by atoms with Crippen molar-refractivity contribution in [3.8, 4) is 0 Å². The van der Waals surface area contributed by atoms with Gasteiger partial charge in [0.1, 0.15) is 19.8 Å². The molecule has 0 saturated carbocycles. The molecule has 0 aliphatic carbocycles. The molecular weight excluding hydrogens is 966 g/mol. The molecule has 10 heteroatoms. The number of phosphoric acid groups is 1. The van der Waals surface area contributed by atoms with Gasteiger partial charge in [0, 0.05) is 12.8 Å². The van der Waals surface area contributed by atoms with E-state index in [0.29, 0.717) is 23.9 Å². The molecule has 440 valence electrons. The van der Waals surface area contributed by atoms with Crippen molar-refractivity contribution in [2.24, 2.45) is 0 Å². The molecule has 0 spiro atoms. The highest BCUT2D eigenvalue weighted by Gasteiger charge is 2.21. The molecule has 0 aromatic heterocycles. The zero-order chi connectivity index (χ0) is 55.6. The number of allylic oxidation sites excluding steroid dienone is 14. The number of rotatable bonds is 57. The van der Waals surface area contributed by atoms with Gasteiger partial charge in [-0.3, -0.25) is 14.2 Å². The summed E-state index contributed by atoms with van der Waals surface area (Å²) in [5, 5.41) is 0. The van der Waals surface area contributed by atoms with Crippen molar-refractivity contribution in [1.29, 1.82) is 0 Å². The highest BCUT2D eigenvalue weighted by Crippen LogP contribution is 2.38. The van der Waals surface area contributed by atoms with E-state index in [2.05, 4.69) is 92.8 Å². The second kappa shape index (κ2) is 56.9. The highest BCUT2D eigenvalue weighted by atomic mass is 31.2. The maximum Gasteiger partial charge on any atom is 0.306 e. The maximum atomic E-state index is 12.8. The molecule has 0 heterocycles. The van der Waals surface area contributed by atoms with E-state index in [0.717, 1.165) is 64.2 Å². The molecule has 0 amide bonds. The Balaban J connectivity index is 4.16. The summed E-state index contributed by atoms with van der Waals surface area (Å²) in [6, 6.07) is 0. The Kier molecular flexibility index (Phi) is 54.8. The molecule has 0 aromatic rings. The Bertz CT molecular complexity index is 1560. The van der Waals surface area contributed by atoms with E-state index in [9.17, 15) is 19.0 Å². The molecule has 0 rings (SSSR count). The summed E-state index contributed by atoms with van der Waals surface area (Å²) in [6.07, 6.45) is 76.6. The number of quaternary nitrogens is 1. The molecule has 2 atom stereocenters. The lowest BCUT2D eigenvalue weighted by atomic mass is 10.0. The van der Waals surface area contributed by atoms with Crippen LogP contribution in [0.15, 0.2) is 85.1 Å². The minimum atomic E-state index is -4.66. The predicted octanol–water partition coefficient (Wildman–Crippen LogP) is 19.2. The van der Waals surface area contributed by atoms with Gasteiger partial charge in [0.05, 0.1) is 27.7 Å². The van der Waals surface area contributed by atoms with Gasteiger partial charge in [-0.25, -0.2) is 0 Å². The summed E-state index contributed by atoms with van der Waals surface area (Å²) >= 11 is 0. The van der Waals surface area contributed by atoms with E-state index < -0.39 is 32.5 Å². The van der Waals surface area contributed by atoms with E-state index in [-0.39, 0.29) is 26.1 Å². The first kappa shape index (κ1) is 73.2. The van der Waals surface area contributed by atoms with Gasteiger partial charge < -0.3 is 27.9 Å². The van der Waals surface area contributed by atoms with Gasteiger partial charge in [0.15, 0.2) is 6.10 Å². The average molecular weight is 1080 g/mol. The Hall–Kier alpha value is -2.81. The smallest absolute Gasteiger partial charge is 0.306 e. The molecule has 0 bridgehead atoms. The number of carbonyl (C=O) groups is 2. The Labute approximate surface area is 469 Å². The van der Waals surface area contributed by atoms with E-state index in [1.165, 1.54) is 167 Å². The van der Waals surface area contributed by atoms with E-state index in [1.807, 2.05) is 27.2 Å². The summed E-state index contributed by atoms with van der Waals surface area (Å²) in [4.78, 5) is 37.9. The maximum absolute atomic E-state index is 12.8. The SMILES string of the molecule is CC/C=C\C/C=C\C/C=C\C/C=C\C/C=C\C/C=C\C/C=C\CCCC(=O)OC(COC(=O)CCCCCCCCCCCCCCCCCCCCCCCCCCCCCCC)COP(=O)([O-])OCC[N+](C)(C)C. The zero-order valence-electron chi connectivity index (χ0n) is 49.9. The van der Waals surface area contributed by atoms with Crippen LogP contribution in [0.25, 0.3) is 0 Å². The third-order valence-electron chi connectivity index (χ3n) is 13.4. The van der Waals surface area contributed by atoms with Gasteiger partial charge in [0.25, 0.3) is 7.82 Å². The number of hydrogen-bond donors (Lipinski definition) is 0. The Morgan fingerprint density at radius 2 is 0.750 bits per heavy atom. The lowest BCUT2D eigenvalue weighted by Crippen LogP contribution is -2.37. The lowest BCUT2D eigenvalue weighted by molar-refractivity contribution is -0.870. The molecular formula is C66H118NO8P. The molecule has 76 heavy (non-hydrogen) atoms. The number of likely N-dealkylation sites (N-methyl/N-ethyl adjacent to an activating group) is 1. The topological polar surface area (TPSA) is 111 Å². The van der Waals surface area contributed by atoms with Crippen LogP contribution in [0.4, 0.5) is 0 Å². The van der Waals surface area contributed by atoms with Gasteiger partial charge >= 0.3 is 11.9 Å². The number of nitrogens with zero attached hydrogens (tertiary/aromatic N) is 1. The summed E-state index contributed by atoms with van der Waals surface area (Å²) in [7, 11) is 1.13. The van der Waals surface area contributed by atoms with E-state index in [1.54, 1.807) is 0 Å². The third-order valence-corrected chi connectivity index (χ3v) is 14.4. The highest BCUT2D eigenvalue weighted by molar-refractivity contribution is 7.45. The average Bonchev–Trinajstić information content (AvgIpc) is 3.38.